The Morgan fingerprint density at radius 3 is 2.67 bits per heavy atom. The lowest BCUT2D eigenvalue weighted by atomic mass is 9.96. The predicted molar refractivity (Wildman–Crippen MR) is 81.2 cm³/mol. The van der Waals surface area contributed by atoms with Gasteiger partial charge in [0, 0.05) is 23.4 Å². The molecular formula is C14H21N3S. The zero-order chi connectivity index (χ0) is 13.3. The number of nitrogens with zero attached hydrogens (tertiary/aromatic N) is 2. The molecule has 0 bridgehead atoms. The van der Waals surface area contributed by atoms with E-state index in [4.69, 9.17) is 10.7 Å². The van der Waals surface area contributed by atoms with Gasteiger partial charge in [-0.15, -0.1) is 0 Å². The van der Waals surface area contributed by atoms with Crippen LogP contribution in [0.15, 0.2) is 18.2 Å². The SMILES string of the molecule is CSCCn1c(C(C)(C)C)nc2cc(N)ccc21. The molecule has 2 rings (SSSR count). The van der Waals surface area contributed by atoms with E-state index in [0.29, 0.717) is 0 Å². The van der Waals surface area contributed by atoms with Gasteiger partial charge in [0.2, 0.25) is 0 Å². The molecule has 3 nitrogen and oxygen atoms in total. The fourth-order valence-corrected chi connectivity index (χ4v) is 2.49. The number of benzene rings is 1. The van der Waals surface area contributed by atoms with Crippen LogP contribution in [-0.4, -0.2) is 21.6 Å². The third kappa shape index (κ3) is 2.48. The summed E-state index contributed by atoms with van der Waals surface area (Å²) in [6.07, 6.45) is 2.13. The number of hydrogen-bond donors (Lipinski definition) is 1. The Labute approximate surface area is 113 Å². The fraction of sp³-hybridized carbons (Fsp3) is 0.500. The third-order valence-corrected chi connectivity index (χ3v) is 3.55. The highest BCUT2D eigenvalue weighted by Crippen LogP contribution is 2.27. The van der Waals surface area contributed by atoms with Crippen LogP contribution in [0.25, 0.3) is 11.0 Å². The van der Waals surface area contributed by atoms with Crippen molar-refractivity contribution in [3.05, 3.63) is 24.0 Å². The summed E-state index contributed by atoms with van der Waals surface area (Å²) in [6.45, 7) is 7.60. The molecule has 0 unspecified atom stereocenters. The first-order valence-corrected chi connectivity index (χ1v) is 7.58. The van der Waals surface area contributed by atoms with Gasteiger partial charge in [0.1, 0.15) is 5.82 Å². The summed E-state index contributed by atoms with van der Waals surface area (Å²) < 4.78 is 2.32. The van der Waals surface area contributed by atoms with Crippen molar-refractivity contribution in [2.75, 3.05) is 17.7 Å². The number of hydrogen-bond acceptors (Lipinski definition) is 3. The standard InChI is InChI=1S/C14H21N3S/c1-14(2,3)13-16-11-9-10(15)5-6-12(11)17(13)7-8-18-4/h5-6,9H,7-8,15H2,1-4H3. The van der Waals surface area contributed by atoms with Crippen LogP contribution in [0, 0.1) is 0 Å². The van der Waals surface area contributed by atoms with Crippen LogP contribution in [0.1, 0.15) is 26.6 Å². The van der Waals surface area contributed by atoms with Crippen molar-refractivity contribution in [3.8, 4) is 0 Å². The van der Waals surface area contributed by atoms with Crippen LogP contribution in [0.4, 0.5) is 5.69 Å². The first-order chi connectivity index (χ1) is 8.43. The number of imidazole rings is 1. The molecule has 0 fully saturated rings. The van der Waals surface area contributed by atoms with E-state index in [1.54, 1.807) is 0 Å². The Hall–Kier alpha value is -1.16. The first-order valence-electron chi connectivity index (χ1n) is 6.18. The van der Waals surface area contributed by atoms with E-state index >= 15 is 0 Å². The maximum Gasteiger partial charge on any atom is 0.115 e. The van der Waals surface area contributed by atoms with Gasteiger partial charge in [-0.3, -0.25) is 0 Å². The zero-order valence-corrected chi connectivity index (χ0v) is 12.3. The molecule has 1 aromatic heterocycles. The smallest absolute Gasteiger partial charge is 0.115 e. The highest BCUT2D eigenvalue weighted by Gasteiger charge is 2.22. The van der Waals surface area contributed by atoms with Crippen molar-refractivity contribution in [3.63, 3.8) is 0 Å². The molecule has 0 aliphatic heterocycles. The van der Waals surface area contributed by atoms with E-state index in [-0.39, 0.29) is 5.41 Å². The Morgan fingerprint density at radius 2 is 2.06 bits per heavy atom. The molecular weight excluding hydrogens is 242 g/mol. The lowest BCUT2D eigenvalue weighted by molar-refractivity contribution is 0.513. The molecule has 0 aliphatic rings. The fourth-order valence-electron chi connectivity index (χ4n) is 2.13. The number of aromatic nitrogens is 2. The van der Waals surface area contributed by atoms with Gasteiger partial charge in [-0.1, -0.05) is 20.8 Å². The molecule has 0 aliphatic carbocycles. The van der Waals surface area contributed by atoms with E-state index in [9.17, 15) is 0 Å². The lowest BCUT2D eigenvalue weighted by Gasteiger charge is -2.20. The minimum Gasteiger partial charge on any atom is -0.399 e. The number of rotatable bonds is 3. The second-order valence-corrected chi connectivity index (χ2v) is 6.56. The highest BCUT2D eigenvalue weighted by atomic mass is 32.2. The second kappa shape index (κ2) is 4.84. The summed E-state index contributed by atoms with van der Waals surface area (Å²) in [5.74, 6) is 2.23. The molecule has 4 heteroatoms. The number of anilines is 1. The summed E-state index contributed by atoms with van der Waals surface area (Å²) >= 11 is 1.86. The maximum atomic E-state index is 5.84. The summed E-state index contributed by atoms with van der Waals surface area (Å²) in [7, 11) is 0. The Bertz CT molecular complexity index is 552. The van der Waals surface area contributed by atoms with Gasteiger partial charge in [-0.05, 0) is 24.5 Å². The monoisotopic (exact) mass is 263 g/mol. The van der Waals surface area contributed by atoms with E-state index in [1.165, 1.54) is 5.52 Å². The molecule has 0 atom stereocenters. The van der Waals surface area contributed by atoms with E-state index < -0.39 is 0 Å². The summed E-state index contributed by atoms with van der Waals surface area (Å²) in [5.41, 5.74) is 8.85. The largest absolute Gasteiger partial charge is 0.399 e. The second-order valence-electron chi connectivity index (χ2n) is 5.58. The molecule has 2 aromatic rings. The van der Waals surface area contributed by atoms with Gasteiger partial charge in [0.15, 0.2) is 0 Å². The number of aryl methyl sites for hydroxylation is 1. The minimum atomic E-state index is 0.0478. The highest BCUT2D eigenvalue weighted by molar-refractivity contribution is 7.98. The maximum absolute atomic E-state index is 5.84. The molecule has 98 valence electrons. The number of thioether (sulfide) groups is 1. The molecule has 0 saturated carbocycles. The third-order valence-electron chi connectivity index (χ3n) is 2.96. The van der Waals surface area contributed by atoms with Crippen molar-refractivity contribution < 1.29 is 0 Å². The first kappa shape index (κ1) is 13.3. The van der Waals surface area contributed by atoms with Crippen LogP contribution in [0.3, 0.4) is 0 Å². The van der Waals surface area contributed by atoms with Crippen molar-refractivity contribution in [1.82, 2.24) is 9.55 Å². The van der Waals surface area contributed by atoms with Crippen molar-refractivity contribution in [1.29, 1.82) is 0 Å². The molecule has 0 amide bonds. The van der Waals surface area contributed by atoms with Crippen LogP contribution in [-0.2, 0) is 12.0 Å². The van der Waals surface area contributed by atoms with Gasteiger partial charge in [0.25, 0.3) is 0 Å². The van der Waals surface area contributed by atoms with E-state index in [1.807, 2.05) is 23.9 Å². The van der Waals surface area contributed by atoms with Gasteiger partial charge in [0.05, 0.1) is 11.0 Å². The van der Waals surface area contributed by atoms with Crippen molar-refractivity contribution >= 4 is 28.5 Å². The molecule has 18 heavy (non-hydrogen) atoms. The van der Waals surface area contributed by atoms with Crippen LogP contribution in [0.5, 0.6) is 0 Å². The van der Waals surface area contributed by atoms with Gasteiger partial charge < -0.3 is 10.3 Å². The Kier molecular flexibility index (Phi) is 3.57. The van der Waals surface area contributed by atoms with E-state index in [2.05, 4.69) is 37.7 Å². The molecule has 0 spiro atoms. The van der Waals surface area contributed by atoms with Gasteiger partial charge in [-0.25, -0.2) is 4.98 Å². The molecule has 2 N–H and O–H groups in total. The summed E-state index contributed by atoms with van der Waals surface area (Å²) in [5, 5.41) is 0. The van der Waals surface area contributed by atoms with Crippen LogP contribution < -0.4 is 5.73 Å². The van der Waals surface area contributed by atoms with Crippen molar-refractivity contribution in [2.24, 2.45) is 0 Å². The normalized spacial score (nSPS) is 12.2. The number of fused-ring (bicyclic) bond motifs is 1. The Morgan fingerprint density at radius 1 is 1.33 bits per heavy atom. The summed E-state index contributed by atoms with van der Waals surface area (Å²) in [6, 6.07) is 5.99. The zero-order valence-electron chi connectivity index (χ0n) is 11.5. The molecule has 1 aromatic carbocycles. The predicted octanol–water partition coefficient (Wildman–Crippen LogP) is 3.28. The molecule has 0 radical (unpaired) electrons. The number of nitrogens with two attached hydrogens (primary N) is 1. The Balaban J connectivity index is 2.60. The molecule has 1 heterocycles. The van der Waals surface area contributed by atoms with E-state index in [0.717, 1.165) is 29.3 Å². The average Bonchev–Trinajstić information content (AvgIpc) is 2.63. The lowest BCUT2D eigenvalue weighted by Crippen LogP contribution is -2.19. The van der Waals surface area contributed by atoms with Gasteiger partial charge in [-0.2, -0.15) is 11.8 Å². The van der Waals surface area contributed by atoms with Gasteiger partial charge >= 0.3 is 0 Å². The average molecular weight is 263 g/mol. The summed E-state index contributed by atoms with van der Waals surface area (Å²) in [4.78, 5) is 4.77. The quantitative estimate of drug-likeness (QED) is 0.864. The van der Waals surface area contributed by atoms with Crippen molar-refractivity contribution in [2.45, 2.75) is 32.7 Å². The minimum absolute atomic E-state index is 0.0478. The number of nitrogen functional groups attached to an aromatic ring is 1. The van der Waals surface area contributed by atoms with Crippen LogP contribution >= 0.6 is 11.8 Å². The topological polar surface area (TPSA) is 43.8 Å². The molecule has 0 saturated heterocycles. The van der Waals surface area contributed by atoms with Crippen LogP contribution in [0.2, 0.25) is 0 Å².